The molecule has 112 valence electrons. The molecule has 1 fully saturated rings. The fraction of sp³-hybridized carbons (Fsp3) is 0.615. The van der Waals surface area contributed by atoms with Crippen molar-refractivity contribution in [2.75, 3.05) is 27.2 Å². The Hall–Kier alpha value is -1.02. The molecule has 2 heterocycles. The maximum absolute atomic E-state index is 12.3. The summed E-state index contributed by atoms with van der Waals surface area (Å²) >= 11 is 0. The van der Waals surface area contributed by atoms with E-state index in [0.29, 0.717) is 6.54 Å². The molecule has 0 spiro atoms. The molecule has 1 atom stereocenters. The van der Waals surface area contributed by atoms with Crippen LogP contribution in [-0.2, 0) is 16.6 Å². The van der Waals surface area contributed by atoms with Crippen LogP contribution in [0, 0.1) is 0 Å². The Morgan fingerprint density at radius 1 is 1.45 bits per heavy atom. The highest BCUT2D eigenvalue weighted by Crippen LogP contribution is 2.12. The van der Waals surface area contributed by atoms with E-state index in [4.69, 9.17) is 0 Å². The van der Waals surface area contributed by atoms with Crippen LogP contribution >= 0.6 is 0 Å². The predicted octanol–water partition coefficient (Wildman–Crippen LogP) is 0.174. The lowest BCUT2D eigenvalue weighted by atomic mass is 10.1. The molecule has 20 heavy (non-hydrogen) atoms. The molecule has 1 saturated heterocycles. The molecule has 1 aliphatic rings. The third-order valence-electron chi connectivity index (χ3n) is 3.40. The van der Waals surface area contributed by atoms with Crippen molar-refractivity contribution in [2.24, 2.45) is 0 Å². The quantitative estimate of drug-likeness (QED) is 0.811. The highest BCUT2D eigenvalue weighted by molar-refractivity contribution is 7.89. The summed E-state index contributed by atoms with van der Waals surface area (Å²) in [4.78, 5) is 6.19. The average molecular weight is 298 g/mol. The lowest BCUT2D eigenvalue weighted by molar-refractivity contribution is 0.242. The standard InChI is InChI=1S/C13H22N4O2S/c1-14-8-11-5-6-13(15-9-11)20(18,19)16-12-4-3-7-17(2)10-12/h5-6,9,12,14,16H,3-4,7-8,10H2,1-2H3. The topological polar surface area (TPSA) is 74.3 Å². The first-order chi connectivity index (χ1) is 9.51. The molecule has 0 radical (unpaired) electrons. The largest absolute Gasteiger partial charge is 0.316 e. The molecule has 0 aliphatic carbocycles. The fourth-order valence-corrected chi connectivity index (χ4v) is 3.61. The number of pyridine rings is 1. The van der Waals surface area contributed by atoms with Gasteiger partial charge in [-0.3, -0.25) is 0 Å². The number of hydrogen-bond donors (Lipinski definition) is 2. The summed E-state index contributed by atoms with van der Waals surface area (Å²) in [6.07, 6.45) is 3.48. The SMILES string of the molecule is CNCc1ccc(S(=O)(=O)NC2CCCN(C)C2)nc1. The summed E-state index contributed by atoms with van der Waals surface area (Å²) in [6.45, 7) is 2.44. The van der Waals surface area contributed by atoms with Crippen LogP contribution in [0.3, 0.4) is 0 Å². The lowest BCUT2D eigenvalue weighted by Gasteiger charge is -2.29. The minimum Gasteiger partial charge on any atom is -0.316 e. The second-order valence-corrected chi connectivity index (χ2v) is 6.92. The van der Waals surface area contributed by atoms with E-state index in [1.165, 1.54) is 0 Å². The van der Waals surface area contributed by atoms with Crippen molar-refractivity contribution in [1.82, 2.24) is 19.9 Å². The van der Waals surface area contributed by atoms with Crippen LogP contribution in [0.1, 0.15) is 18.4 Å². The van der Waals surface area contributed by atoms with Crippen LogP contribution in [0.2, 0.25) is 0 Å². The maximum Gasteiger partial charge on any atom is 0.258 e. The van der Waals surface area contributed by atoms with Gasteiger partial charge in [-0.15, -0.1) is 0 Å². The Labute approximate surface area is 120 Å². The van der Waals surface area contributed by atoms with Crippen LogP contribution in [0.4, 0.5) is 0 Å². The number of nitrogens with one attached hydrogen (secondary N) is 2. The van der Waals surface area contributed by atoms with E-state index in [1.54, 1.807) is 18.3 Å². The van der Waals surface area contributed by atoms with Gasteiger partial charge in [0.2, 0.25) is 0 Å². The molecule has 2 N–H and O–H groups in total. The normalized spacial score (nSPS) is 21.0. The molecule has 0 amide bonds. The summed E-state index contributed by atoms with van der Waals surface area (Å²) in [6, 6.07) is 3.31. The van der Waals surface area contributed by atoms with Gasteiger partial charge in [0, 0.05) is 25.3 Å². The monoisotopic (exact) mass is 298 g/mol. The number of nitrogens with zero attached hydrogens (tertiary/aromatic N) is 2. The van der Waals surface area contributed by atoms with Crippen molar-refractivity contribution in [2.45, 2.75) is 30.5 Å². The van der Waals surface area contributed by atoms with Crippen LogP contribution in [-0.4, -0.2) is 51.5 Å². The van der Waals surface area contributed by atoms with Crippen molar-refractivity contribution in [3.05, 3.63) is 23.9 Å². The van der Waals surface area contributed by atoms with Crippen LogP contribution in [0.5, 0.6) is 0 Å². The molecular formula is C13H22N4O2S. The Kier molecular flexibility index (Phi) is 5.09. The summed E-state index contributed by atoms with van der Waals surface area (Å²) in [5.74, 6) is 0. The third-order valence-corrected chi connectivity index (χ3v) is 4.84. The minimum absolute atomic E-state index is 0.0301. The Morgan fingerprint density at radius 3 is 2.85 bits per heavy atom. The Morgan fingerprint density at radius 2 is 2.25 bits per heavy atom. The third kappa shape index (κ3) is 3.99. The molecule has 0 saturated carbocycles. The van der Waals surface area contributed by atoms with Gasteiger partial charge in [-0.1, -0.05) is 6.07 Å². The molecule has 2 rings (SSSR count). The number of likely N-dealkylation sites (N-methyl/N-ethyl adjacent to an activating group) is 1. The van der Waals surface area contributed by atoms with Crippen LogP contribution in [0.25, 0.3) is 0 Å². The number of likely N-dealkylation sites (tertiary alicyclic amines) is 1. The minimum atomic E-state index is -3.52. The van der Waals surface area contributed by atoms with Gasteiger partial charge in [0.25, 0.3) is 10.0 Å². The molecule has 1 aromatic rings. The molecule has 0 bridgehead atoms. The highest BCUT2D eigenvalue weighted by atomic mass is 32.2. The van der Waals surface area contributed by atoms with E-state index in [-0.39, 0.29) is 11.1 Å². The Balaban J connectivity index is 2.05. The van der Waals surface area contributed by atoms with Gasteiger partial charge in [0.05, 0.1) is 0 Å². The van der Waals surface area contributed by atoms with Crippen LogP contribution in [0.15, 0.2) is 23.4 Å². The first-order valence-electron chi connectivity index (χ1n) is 6.81. The molecule has 7 heteroatoms. The molecule has 1 aromatic heterocycles. The summed E-state index contributed by atoms with van der Waals surface area (Å²) in [5.41, 5.74) is 0.962. The number of hydrogen-bond acceptors (Lipinski definition) is 5. The zero-order valence-electron chi connectivity index (χ0n) is 12.0. The van der Waals surface area contributed by atoms with Gasteiger partial charge in [-0.25, -0.2) is 18.1 Å². The van der Waals surface area contributed by atoms with Crippen molar-refractivity contribution >= 4 is 10.0 Å². The maximum atomic E-state index is 12.3. The Bertz CT molecular complexity index is 530. The average Bonchev–Trinajstić information content (AvgIpc) is 2.39. The van der Waals surface area contributed by atoms with Gasteiger partial charge in [-0.2, -0.15) is 0 Å². The molecule has 1 unspecified atom stereocenters. The molecular weight excluding hydrogens is 276 g/mol. The van der Waals surface area contributed by atoms with Gasteiger partial charge >= 0.3 is 0 Å². The van der Waals surface area contributed by atoms with Crippen molar-refractivity contribution in [3.63, 3.8) is 0 Å². The number of aromatic nitrogens is 1. The zero-order chi connectivity index (χ0) is 14.6. The lowest BCUT2D eigenvalue weighted by Crippen LogP contribution is -2.46. The van der Waals surface area contributed by atoms with Gasteiger partial charge in [0.1, 0.15) is 0 Å². The smallest absolute Gasteiger partial charge is 0.258 e. The van der Waals surface area contributed by atoms with E-state index in [9.17, 15) is 8.42 Å². The van der Waals surface area contributed by atoms with E-state index in [2.05, 4.69) is 19.9 Å². The summed E-state index contributed by atoms with van der Waals surface area (Å²) < 4.78 is 27.3. The van der Waals surface area contributed by atoms with Gasteiger partial charge in [-0.05, 0) is 45.1 Å². The highest BCUT2D eigenvalue weighted by Gasteiger charge is 2.24. The van der Waals surface area contributed by atoms with Gasteiger partial charge < -0.3 is 10.2 Å². The van der Waals surface area contributed by atoms with Crippen molar-refractivity contribution < 1.29 is 8.42 Å². The fourth-order valence-electron chi connectivity index (χ4n) is 2.42. The summed E-state index contributed by atoms with van der Waals surface area (Å²) in [7, 11) is 0.321. The van der Waals surface area contributed by atoms with Crippen LogP contribution < -0.4 is 10.0 Å². The zero-order valence-corrected chi connectivity index (χ0v) is 12.8. The number of piperidine rings is 1. The first kappa shape index (κ1) is 15.4. The van der Waals surface area contributed by atoms with Gasteiger partial charge in [0.15, 0.2) is 5.03 Å². The van der Waals surface area contributed by atoms with Crippen molar-refractivity contribution in [1.29, 1.82) is 0 Å². The first-order valence-corrected chi connectivity index (χ1v) is 8.30. The molecule has 6 nitrogen and oxygen atoms in total. The van der Waals surface area contributed by atoms with E-state index >= 15 is 0 Å². The summed E-state index contributed by atoms with van der Waals surface area (Å²) in [5, 5.41) is 3.09. The predicted molar refractivity (Wildman–Crippen MR) is 77.8 cm³/mol. The van der Waals surface area contributed by atoms with E-state index < -0.39 is 10.0 Å². The second-order valence-electron chi connectivity index (χ2n) is 5.26. The number of rotatable bonds is 5. The molecule has 0 aromatic carbocycles. The van der Waals surface area contributed by atoms with E-state index in [0.717, 1.165) is 31.5 Å². The second kappa shape index (κ2) is 6.62. The number of sulfonamides is 1. The van der Waals surface area contributed by atoms with Crippen molar-refractivity contribution in [3.8, 4) is 0 Å². The molecule has 1 aliphatic heterocycles. The van der Waals surface area contributed by atoms with E-state index in [1.807, 2.05) is 14.1 Å².